The van der Waals surface area contributed by atoms with E-state index in [0.717, 1.165) is 0 Å². The summed E-state index contributed by atoms with van der Waals surface area (Å²) in [6.45, 7) is 3.55. The average Bonchev–Trinajstić information content (AvgIpc) is 2.59. The zero-order valence-electron chi connectivity index (χ0n) is 14.4. The number of nitrogens with one attached hydrogen (secondary N) is 2. The Balaban J connectivity index is 2.16. The molecule has 7 heteroatoms. The highest BCUT2D eigenvalue weighted by Gasteiger charge is 2.11. The first kappa shape index (κ1) is 18.3. The maximum Gasteiger partial charge on any atom is 0.255 e. The summed E-state index contributed by atoms with van der Waals surface area (Å²) in [4.78, 5) is 35.9. The number of hydrogen-bond acceptors (Lipinski definition) is 4. The zero-order chi connectivity index (χ0) is 18.4. The predicted molar refractivity (Wildman–Crippen MR) is 94.2 cm³/mol. The van der Waals surface area contributed by atoms with Crippen LogP contribution in [-0.4, -0.2) is 36.1 Å². The van der Waals surface area contributed by atoms with Crippen molar-refractivity contribution in [3.8, 4) is 11.4 Å². The summed E-state index contributed by atoms with van der Waals surface area (Å²) in [5.74, 6) is -0.0325. The third kappa shape index (κ3) is 4.94. The molecule has 7 nitrogen and oxygen atoms in total. The van der Waals surface area contributed by atoms with Crippen LogP contribution < -0.4 is 20.9 Å². The Kier molecular flexibility index (Phi) is 5.94. The molecule has 0 spiro atoms. The number of aromatic nitrogens is 1. The number of hydrogen-bond donors (Lipinski definition) is 2. The Hall–Kier alpha value is -3.09. The first-order valence-electron chi connectivity index (χ1n) is 7.85. The second-order valence-electron chi connectivity index (χ2n) is 5.73. The van der Waals surface area contributed by atoms with Crippen molar-refractivity contribution in [2.45, 2.75) is 19.9 Å². The van der Waals surface area contributed by atoms with Gasteiger partial charge in [0.1, 0.15) is 5.75 Å². The van der Waals surface area contributed by atoms with E-state index in [-0.39, 0.29) is 29.6 Å². The summed E-state index contributed by atoms with van der Waals surface area (Å²) in [6, 6.07) is 9.64. The minimum absolute atomic E-state index is 0.00128. The van der Waals surface area contributed by atoms with Gasteiger partial charge in [0.25, 0.3) is 11.5 Å². The Morgan fingerprint density at radius 1 is 1.12 bits per heavy atom. The van der Waals surface area contributed by atoms with E-state index in [1.165, 1.54) is 22.9 Å². The second kappa shape index (κ2) is 8.14. The summed E-state index contributed by atoms with van der Waals surface area (Å²) in [6.07, 6.45) is 1.44. The molecule has 1 heterocycles. The third-order valence-corrected chi connectivity index (χ3v) is 3.38. The van der Waals surface area contributed by atoms with Crippen LogP contribution >= 0.6 is 0 Å². The van der Waals surface area contributed by atoms with Crippen LogP contribution in [0.1, 0.15) is 24.2 Å². The number of methoxy groups -OCH3 is 1. The van der Waals surface area contributed by atoms with Crippen molar-refractivity contribution in [1.82, 2.24) is 15.2 Å². The Labute approximate surface area is 145 Å². The summed E-state index contributed by atoms with van der Waals surface area (Å²) in [5.41, 5.74) is 0.630. The highest BCUT2D eigenvalue weighted by molar-refractivity contribution is 5.96. The lowest BCUT2D eigenvalue weighted by Gasteiger charge is -2.11. The van der Waals surface area contributed by atoms with E-state index in [1.54, 1.807) is 31.4 Å². The lowest BCUT2D eigenvalue weighted by Crippen LogP contribution is -2.40. The van der Waals surface area contributed by atoms with Crippen LogP contribution in [0.15, 0.2) is 47.4 Å². The van der Waals surface area contributed by atoms with Crippen molar-refractivity contribution < 1.29 is 14.3 Å². The van der Waals surface area contributed by atoms with Crippen molar-refractivity contribution in [1.29, 1.82) is 0 Å². The number of carbonyl (C=O) groups excluding carboxylic acids is 2. The van der Waals surface area contributed by atoms with Crippen LogP contribution in [-0.2, 0) is 4.79 Å². The van der Waals surface area contributed by atoms with Crippen LogP contribution in [0, 0.1) is 0 Å². The quantitative estimate of drug-likeness (QED) is 0.822. The molecule has 1 aromatic heterocycles. The molecule has 0 fully saturated rings. The highest BCUT2D eigenvalue weighted by Crippen LogP contribution is 2.14. The highest BCUT2D eigenvalue weighted by atomic mass is 16.5. The number of ether oxygens (including phenoxy) is 1. The van der Waals surface area contributed by atoms with E-state index in [2.05, 4.69) is 10.6 Å². The minimum Gasteiger partial charge on any atom is -0.497 e. The zero-order valence-corrected chi connectivity index (χ0v) is 14.4. The smallest absolute Gasteiger partial charge is 0.255 e. The second-order valence-corrected chi connectivity index (χ2v) is 5.73. The first-order chi connectivity index (χ1) is 11.9. The lowest BCUT2D eigenvalue weighted by atomic mass is 10.2. The molecular formula is C18H21N3O4. The maximum atomic E-state index is 12.2. The van der Waals surface area contributed by atoms with Gasteiger partial charge in [-0.25, -0.2) is 0 Å². The molecule has 0 atom stereocenters. The number of carbonyl (C=O) groups is 2. The summed E-state index contributed by atoms with van der Waals surface area (Å²) in [7, 11) is 1.56. The first-order valence-corrected chi connectivity index (χ1v) is 7.85. The lowest BCUT2D eigenvalue weighted by molar-refractivity contribution is -0.120. The van der Waals surface area contributed by atoms with Crippen LogP contribution in [0.5, 0.6) is 5.75 Å². The average molecular weight is 343 g/mol. The standard InChI is InChI=1S/C18H21N3O4/c1-12(2)20-16(22)10-19-18(24)13-4-9-17(23)21(11-13)14-5-7-15(25-3)8-6-14/h4-9,11-12H,10H2,1-3H3,(H,19,24)(H,20,22). The van der Waals surface area contributed by atoms with Gasteiger partial charge in [0.2, 0.25) is 5.91 Å². The molecule has 2 aromatic rings. The van der Waals surface area contributed by atoms with Gasteiger partial charge < -0.3 is 15.4 Å². The fourth-order valence-electron chi connectivity index (χ4n) is 2.20. The molecule has 0 aliphatic carbocycles. The fourth-order valence-corrected chi connectivity index (χ4v) is 2.20. The predicted octanol–water partition coefficient (Wildman–Crippen LogP) is 1.10. The molecule has 2 amide bonds. The normalized spacial score (nSPS) is 10.4. The van der Waals surface area contributed by atoms with Gasteiger partial charge in [-0.05, 0) is 44.2 Å². The summed E-state index contributed by atoms with van der Waals surface area (Å²) >= 11 is 0. The molecule has 0 saturated carbocycles. The Morgan fingerprint density at radius 2 is 1.80 bits per heavy atom. The van der Waals surface area contributed by atoms with Gasteiger partial charge in [0, 0.05) is 24.0 Å². The van der Waals surface area contributed by atoms with Gasteiger partial charge >= 0.3 is 0 Å². The molecule has 2 N–H and O–H groups in total. The molecule has 0 unspecified atom stereocenters. The maximum absolute atomic E-state index is 12.2. The topological polar surface area (TPSA) is 89.4 Å². The van der Waals surface area contributed by atoms with Gasteiger partial charge in [0.15, 0.2) is 0 Å². The minimum atomic E-state index is -0.429. The van der Waals surface area contributed by atoms with Gasteiger partial charge in [0.05, 0.1) is 19.2 Å². The molecule has 25 heavy (non-hydrogen) atoms. The molecule has 0 bridgehead atoms. The van der Waals surface area contributed by atoms with Gasteiger partial charge in [-0.2, -0.15) is 0 Å². The van der Waals surface area contributed by atoms with Crippen LogP contribution in [0.2, 0.25) is 0 Å². The largest absolute Gasteiger partial charge is 0.497 e. The van der Waals surface area contributed by atoms with Crippen molar-refractivity contribution in [3.05, 3.63) is 58.5 Å². The number of nitrogens with zero attached hydrogens (tertiary/aromatic N) is 1. The molecule has 132 valence electrons. The molecule has 0 saturated heterocycles. The van der Waals surface area contributed by atoms with Crippen LogP contribution in [0.3, 0.4) is 0 Å². The van der Waals surface area contributed by atoms with E-state index in [9.17, 15) is 14.4 Å². The van der Waals surface area contributed by atoms with Crippen LogP contribution in [0.4, 0.5) is 0 Å². The van der Waals surface area contributed by atoms with Gasteiger partial charge in [-0.15, -0.1) is 0 Å². The van der Waals surface area contributed by atoms with E-state index in [0.29, 0.717) is 11.4 Å². The molecular weight excluding hydrogens is 322 g/mol. The van der Waals surface area contributed by atoms with Crippen molar-refractivity contribution in [3.63, 3.8) is 0 Å². The van der Waals surface area contributed by atoms with Gasteiger partial charge in [-0.3, -0.25) is 19.0 Å². The molecule has 0 radical (unpaired) electrons. The summed E-state index contributed by atoms with van der Waals surface area (Å²) in [5, 5.41) is 5.22. The summed E-state index contributed by atoms with van der Waals surface area (Å²) < 4.78 is 6.45. The van der Waals surface area contributed by atoms with Gasteiger partial charge in [-0.1, -0.05) is 0 Å². The molecule has 0 aliphatic rings. The Bertz CT molecular complexity index is 810. The molecule has 1 aromatic carbocycles. The fraction of sp³-hybridized carbons (Fsp3) is 0.278. The number of amides is 2. The number of pyridine rings is 1. The SMILES string of the molecule is COc1ccc(-n2cc(C(=O)NCC(=O)NC(C)C)ccc2=O)cc1. The molecule has 0 aliphatic heterocycles. The van der Waals surface area contributed by atoms with Crippen molar-refractivity contribution in [2.75, 3.05) is 13.7 Å². The Morgan fingerprint density at radius 3 is 2.40 bits per heavy atom. The van der Waals surface area contributed by atoms with E-state index in [1.807, 2.05) is 13.8 Å². The van der Waals surface area contributed by atoms with E-state index >= 15 is 0 Å². The van der Waals surface area contributed by atoms with Crippen LogP contribution in [0.25, 0.3) is 5.69 Å². The monoisotopic (exact) mass is 343 g/mol. The third-order valence-electron chi connectivity index (χ3n) is 3.38. The number of benzene rings is 1. The van der Waals surface area contributed by atoms with E-state index < -0.39 is 5.91 Å². The molecule has 2 rings (SSSR count). The van der Waals surface area contributed by atoms with Crippen molar-refractivity contribution >= 4 is 11.8 Å². The van der Waals surface area contributed by atoms with E-state index in [4.69, 9.17) is 4.74 Å². The number of rotatable bonds is 6. The van der Waals surface area contributed by atoms with Crippen molar-refractivity contribution in [2.24, 2.45) is 0 Å².